The Labute approximate surface area is 118 Å². The number of nitrogens with two attached hydrogens (primary N) is 1. The van der Waals surface area contributed by atoms with Gasteiger partial charge in [-0.1, -0.05) is 0 Å². The number of carbonyl (C=O) groups excluding carboxylic acids is 2. The second kappa shape index (κ2) is 6.38. The topological polar surface area (TPSA) is 75.9 Å². The Kier molecular flexibility index (Phi) is 4.57. The van der Waals surface area contributed by atoms with Crippen molar-refractivity contribution in [2.24, 2.45) is 5.73 Å². The number of ether oxygens (including phenoxy) is 1. The highest BCUT2D eigenvalue weighted by Crippen LogP contribution is 2.24. The molecule has 6 heteroatoms. The molecule has 0 aliphatic carbocycles. The molecule has 108 valence electrons. The molecule has 2 rings (SSSR count). The van der Waals surface area contributed by atoms with E-state index < -0.39 is 6.09 Å². The van der Waals surface area contributed by atoms with Crippen molar-refractivity contribution in [1.82, 2.24) is 0 Å². The molecule has 0 bridgehead atoms. The van der Waals surface area contributed by atoms with E-state index in [1.54, 1.807) is 24.1 Å². The summed E-state index contributed by atoms with van der Waals surface area (Å²) >= 11 is 0. The average Bonchev–Trinajstić information content (AvgIpc) is 2.90. The number of carbonyl (C=O) groups is 2. The molecule has 1 heterocycles. The number of anilines is 2. The van der Waals surface area contributed by atoms with Crippen LogP contribution < -0.4 is 15.5 Å². The summed E-state index contributed by atoms with van der Waals surface area (Å²) in [5.74, 6) is 0.147. The second-order valence-corrected chi connectivity index (χ2v) is 4.63. The zero-order valence-corrected chi connectivity index (χ0v) is 11.5. The Morgan fingerprint density at radius 1 is 1.40 bits per heavy atom. The first kappa shape index (κ1) is 14.3. The molecule has 0 aromatic heterocycles. The molecule has 1 fully saturated rings. The Hall–Kier alpha value is -2.08. The van der Waals surface area contributed by atoms with Gasteiger partial charge in [-0.05, 0) is 30.7 Å². The van der Waals surface area contributed by atoms with Gasteiger partial charge in [0.05, 0.1) is 0 Å². The molecule has 0 atom stereocenters. The lowest BCUT2D eigenvalue weighted by Gasteiger charge is -2.19. The molecule has 1 aliphatic rings. The van der Waals surface area contributed by atoms with Crippen LogP contribution in [-0.2, 0) is 9.53 Å². The van der Waals surface area contributed by atoms with E-state index in [1.165, 1.54) is 4.90 Å². The van der Waals surface area contributed by atoms with Gasteiger partial charge in [-0.2, -0.15) is 0 Å². The summed E-state index contributed by atoms with van der Waals surface area (Å²) in [7, 11) is 1.63. The van der Waals surface area contributed by atoms with Gasteiger partial charge < -0.3 is 15.4 Å². The number of amides is 2. The van der Waals surface area contributed by atoms with E-state index in [9.17, 15) is 9.59 Å². The molecule has 0 spiro atoms. The molecule has 1 aromatic carbocycles. The predicted octanol–water partition coefficient (Wildman–Crippen LogP) is 1.34. The summed E-state index contributed by atoms with van der Waals surface area (Å²) in [4.78, 5) is 26.5. The van der Waals surface area contributed by atoms with Crippen molar-refractivity contribution < 1.29 is 14.3 Å². The molecule has 0 radical (unpaired) electrons. The van der Waals surface area contributed by atoms with Crippen molar-refractivity contribution in [2.45, 2.75) is 12.8 Å². The van der Waals surface area contributed by atoms with Gasteiger partial charge in [0.1, 0.15) is 6.61 Å². The number of hydrogen-bond acceptors (Lipinski definition) is 4. The highest BCUT2D eigenvalue weighted by atomic mass is 16.6. The van der Waals surface area contributed by atoms with Gasteiger partial charge >= 0.3 is 6.09 Å². The minimum Gasteiger partial charge on any atom is -0.448 e. The number of hydrogen-bond donors (Lipinski definition) is 1. The van der Waals surface area contributed by atoms with Crippen molar-refractivity contribution in [2.75, 3.05) is 36.5 Å². The fourth-order valence-electron chi connectivity index (χ4n) is 2.13. The lowest BCUT2D eigenvalue weighted by molar-refractivity contribution is -0.117. The first-order chi connectivity index (χ1) is 9.63. The Morgan fingerprint density at radius 2 is 2.10 bits per heavy atom. The van der Waals surface area contributed by atoms with Gasteiger partial charge in [0, 0.05) is 37.9 Å². The minimum atomic E-state index is -0.444. The van der Waals surface area contributed by atoms with Gasteiger partial charge in [0.15, 0.2) is 0 Å². The van der Waals surface area contributed by atoms with Crippen LogP contribution in [0.15, 0.2) is 24.3 Å². The molecule has 2 N–H and O–H groups in total. The average molecular weight is 277 g/mol. The molecular formula is C14H19N3O3. The van der Waals surface area contributed by atoms with Gasteiger partial charge in [-0.15, -0.1) is 0 Å². The van der Waals surface area contributed by atoms with Crippen LogP contribution in [0.1, 0.15) is 12.8 Å². The number of benzene rings is 1. The van der Waals surface area contributed by atoms with Crippen LogP contribution in [0.4, 0.5) is 16.2 Å². The van der Waals surface area contributed by atoms with Crippen LogP contribution in [0.5, 0.6) is 0 Å². The molecule has 0 unspecified atom stereocenters. The molecule has 1 aliphatic heterocycles. The molecular weight excluding hydrogens is 258 g/mol. The Morgan fingerprint density at radius 3 is 2.65 bits per heavy atom. The van der Waals surface area contributed by atoms with Gasteiger partial charge in [0.25, 0.3) is 0 Å². The fourth-order valence-corrected chi connectivity index (χ4v) is 2.13. The van der Waals surface area contributed by atoms with Crippen LogP contribution in [0.2, 0.25) is 0 Å². The molecule has 20 heavy (non-hydrogen) atoms. The van der Waals surface area contributed by atoms with Crippen LogP contribution in [-0.4, -0.2) is 38.7 Å². The van der Waals surface area contributed by atoms with E-state index in [2.05, 4.69) is 0 Å². The minimum absolute atomic E-state index is 0.147. The second-order valence-electron chi connectivity index (χ2n) is 4.63. The number of nitrogens with zero attached hydrogens (tertiary/aromatic N) is 2. The van der Waals surface area contributed by atoms with Crippen LogP contribution in [0.25, 0.3) is 0 Å². The SMILES string of the molecule is CN(C(=O)OCCN)c1ccc(N2CCCC2=O)cc1. The monoisotopic (exact) mass is 277 g/mol. The van der Waals surface area contributed by atoms with E-state index in [1.807, 2.05) is 12.1 Å². The van der Waals surface area contributed by atoms with Crippen LogP contribution in [0.3, 0.4) is 0 Å². The quantitative estimate of drug-likeness (QED) is 0.901. The summed E-state index contributed by atoms with van der Waals surface area (Å²) in [6.45, 7) is 1.26. The van der Waals surface area contributed by atoms with Crippen molar-refractivity contribution in [3.8, 4) is 0 Å². The molecule has 2 amide bonds. The fraction of sp³-hybridized carbons (Fsp3) is 0.429. The van der Waals surface area contributed by atoms with Crippen molar-refractivity contribution in [1.29, 1.82) is 0 Å². The van der Waals surface area contributed by atoms with Crippen LogP contribution >= 0.6 is 0 Å². The highest BCUT2D eigenvalue weighted by molar-refractivity contribution is 5.95. The van der Waals surface area contributed by atoms with Gasteiger partial charge in [-0.25, -0.2) is 4.79 Å². The maximum absolute atomic E-state index is 11.7. The zero-order valence-electron chi connectivity index (χ0n) is 11.5. The van der Waals surface area contributed by atoms with E-state index in [4.69, 9.17) is 10.5 Å². The first-order valence-corrected chi connectivity index (χ1v) is 6.64. The summed E-state index contributed by atoms with van der Waals surface area (Å²) in [6.07, 6.45) is 1.05. The van der Waals surface area contributed by atoms with Crippen molar-refractivity contribution in [3.63, 3.8) is 0 Å². The molecule has 1 aromatic rings. The van der Waals surface area contributed by atoms with Crippen molar-refractivity contribution >= 4 is 23.4 Å². The summed E-state index contributed by atoms with van der Waals surface area (Å²) in [6, 6.07) is 7.27. The maximum atomic E-state index is 11.7. The Balaban J connectivity index is 2.04. The molecule has 1 saturated heterocycles. The smallest absolute Gasteiger partial charge is 0.414 e. The first-order valence-electron chi connectivity index (χ1n) is 6.64. The van der Waals surface area contributed by atoms with E-state index >= 15 is 0 Å². The maximum Gasteiger partial charge on any atom is 0.414 e. The zero-order chi connectivity index (χ0) is 14.5. The van der Waals surface area contributed by atoms with Crippen molar-refractivity contribution in [3.05, 3.63) is 24.3 Å². The Bertz CT molecular complexity index is 487. The van der Waals surface area contributed by atoms with Gasteiger partial charge in [0.2, 0.25) is 5.91 Å². The number of rotatable bonds is 4. The summed E-state index contributed by atoms with van der Waals surface area (Å²) < 4.78 is 4.95. The summed E-state index contributed by atoms with van der Waals surface area (Å²) in [5.41, 5.74) is 6.86. The summed E-state index contributed by atoms with van der Waals surface area (Å²) in [5, 5.41) is 0. The lowest BCUT2D eigenvalue weighted by Crippen LogP contribution is -2.29. The van der Waals surface area contributed by atoms with E-state index in [-0.39, 0.29) is 12.5 Å². The van der Waals surface area contributed by atoms with Gasteiger partial charge in [-0.3, -0.25) is 9.69 Å². The molecule has 0 saturated carbocycles. The highest BCUT2D eigenvalue weighted by Gasteiger charge is 2.21. The third kappa shape index (κ3) is 3.08. The van der Waals surface area contributed by atoms with Crippen LogP contribution in [0, 0.1) is 0 Å². The lowest BCUT2D eigenvalue weighted by atomic mass is 10.2. The largest absolute Gasteiger partial charge is 0.448 e. The third-order valence-electron chi connectivity index (χ3n) is 3.24. The van der Waals surface area contributed by atoms with E-state index in [0.717, 1.165) is 18.7 Å². The predicted molar refractivity (Wildman–Crippen MR) is 76.8 cm³/mol. The third-order valence-corrected chi connectivity index (χ3v) is 3.24. The normalized spacial score (nSPS) is 14.5. The van der Waals surface area contributed by atoms with E-state index in [0.29, 0.717) is 18.7 Å². The molecule has 6 nitrogen and oxygen atoms in total. The standard InChI is InChI=1S/C14H19N3O3/c1-16(14(19)20-10-8-15)11-4-6-12(7-5-11)17-9-2-3-13(17)18/h4-7H,2-3,8-10,15H2,1H3.